The maximum absolute atomic E-state index is 11.7. The zero-order chi connectivity index (χ0) is 15.6. The van der Waals surface area contributed by atoms with E-state index < -0.39 is 16.4 Å². The van der Waals surface area contributed by atoms with E-state index in [4.69, 9.17) is 0 Å². The molecule has 1 aliphatic carbocycles. The minimum absolute atomic E-state index is 0.150. The monoisotopic (exact) mass is 296 g/mol. The predicted octanol–water partition coefficient (Wildman–Crippen LogP) is 2.16. The van der Waals surface area contributed by atoms with Gasteiger partial charge in [0.1, 0.15) is 5.54 Å². The molecule has 0 saturated heterocycles. The summed E-state index contributed by atoms with van der Waals surface area (Å²) in [5.41, 5.74) is -1.15. The third-order valence-electron chi connectivity index (χ3n) is 4.39. The number of carboxylic acids is 1. The van der Waals surface area contributed by atoms with E-state index in [1.54, 1.807) is 7.05 Å². The van der Waals surface area contributed by atoms with Crippen molar-refractivity contribution in [3.63, 3.8) is 0 Å². The average Bonchev–Trinajstić information content (AvgIpc) is 2.81. The van der Waals surface area contributed by atoms with Gasteiger partial charge in [-0.25, -0.2) is 4.79 Å². The van der Waals surface area contributed by atoms with Crippen LogP contribution >= 0.6 is 0 Å². The SMILES string of the molecule is CCC1CCC(Nc2c([N+](=O)[O-])ncn2C)(C(=O)O)CC1. The van der Waals surface area contributed by atoms with Gasteiger partial charge in [0, 0.05) is 7.05 Å². The highest BCUT2D eigenvalue weighted by atomic mass is 16.6. The lowest BCUT2D eigenvalue weighted by Gasteiger charge is -2.37. The highest BCUT2D eigenvalue weighted by molar-refractivity contribution is 5.83. The predicted molar refractivity (Wildman–Crippen MR) is 76.1 cm³/mol. The van der Waals surface area contributed by atoms with E-state index >= 15 is 0 Å². The van der Waals surface area contributed by atoms with Crippen molar-refractivity contribution >= 4 is 17.6 Å². The van der Waals surface area contributed by atoms with Gasteiger partial charge >= 0.3 is 11.8 Å². The second-order valence-corrected chi connectivity index (χ2v) is 5.65. The summed E-state index contributed by atoms with van der Waals surface area (Å²) in [7, 11) is 1.61. The molecule has 0 bridgehead atoms. The number of nitro groups is 1. The number of carboxylic acid groups (broad SMARTS) is 1. The molecule has 1 fully saturated rings. The third-order valence-corrected chi connectivity index (χ3v) is 4.39. The number of nitrogens with zero attached hydrogens (tertiary/aromatic N) is 3. The minimum atomic E-state index is -1.15. The Morgan fingerprint density at radius 1 is 1.62 bits per heavy atom. The molecule has 8 heteroatoms. The van der Waals surface area contributed by atoms with Crippen molar-refractivity contribution in [3.8, 4) is 0 Å². The van der Waals surface area contributed by atoms with Crippen LogP contribution in [0.25, 0.3) is 0 Å². The number of rotatable bonds is 5. The molecule has 8 nitrogen and oxygen atoms in total. The van der Waals surface area contributed by atoms with Crippen molar-refractivity contribution in [2.24, 2.45) is 13.0 Å². The third kappa shape index (κ3) is 2.84. The van der Waals surface area contributed by atoms with Crippen LogP contribution in [0.2, 0.25) is 0 Å². The van der Waals surface area contributed by atoms with Crippen LogP contribution in [0.4, 0.5) is 11.6 Å². The maximum atomic E-state index is 11.7. The smallest absolute Gasteiger partial charge is 0.406 e. The van der Waals surface area contributed by atoms with Crippen molar-refractivity contribution in [1.82, 2.24) is 9.55 Å². The van der Waals surface area contributed by atoms with E-state index in [9.17, 15) is 20.0 Å². The van der Waals surface area contributed by atoms with Crippen LogP contribution in [0.3, 0.4) is 0 Å². The fraction of sp³-hybridized carbons (Fsp3) is 0.692. The molecule has 0 unspecified atom stereocenters. The van der Waals surface area contributed by atoms with Crippen molar-refractivity contribution in [2.75, 3.05) is 5.32 Å². The molecule has 1 aliphatic rings. The highest BCUT2D eigenvalue weighted by Gasteiger charge is 2.43. The van der Waals surface area contributed by atoms with Crippen LogP contribution in [-0.4, -0.2) is 31.1 Å². The van der Waals surface area contributed by atoms with E-state index in [1.165, 1.54) is 10.9 Å². The van der Waals surface area contributed by atoms with Gasteiger partial charge in [-0.2, -0.15) is 0 Å². The molecule has 1 saturated carbocycles. The topological polar surface area (TPSA) is 110 Å². The van der Waals surface area contributed by atoms with Crippen molar-refractivity contribution in [2.45, 2.75) is 44.6 Å². The molecule has 0 radical (unpaired) electrons. The van der Waals surface area contributed by atoms with Gasteiger partial charge in [-0.15, -0.1) is 0 Å². The fourth-order valence-corrected chi connectivity index (χ4v) is 2.89. The number of anilines is 1. The number of aliphatic carboxylic acids is 1. The molecule has 2 rings (SSSR count). The molecule has 1 aromatic rings. The first-order valence-electron chi connectivity index (χ1n) is 7.07. The van der Waals surface area contributed by atoms with Crippen LogP contribution < -0.4 is 5.32 Å². The Hall–Kier alpha value is -2.12. The standard InChI is InChI=1S/C13H20N4O4/c1-3-9-4-6-13(7-5-9,12(18)19)15-11-10(17(20)21)14-8-16(11)2/h8-9,15H,3-7H2,1-2H3,(H,18,19). The Balaban J connectivity index is 2.28. The second-order valence-electron chi connectivity index (χ2n) is 5.65. The first kappa shape index (κ1) is 15.3. The summed E-state index contributed by atoms with van der Waals surface area (Å²) in [5, 5.41) is 23.5. The summed E-state index contributed by atoms with van der Waals surface area (Å²) in [6, 6.07) is 0. The number of aromatic nitrogens is 2. The summed E-state index contributed by atoms with van der Waals surface area (Å²) in [6.07, 6.45) is 4.88. The molecule has 1 aromatic heterocycles. The Labute approximate surface area is 122 Å². The summed E-state index contributed by atoms with van der Waals surface area (Å²) < 4.78 is 1.45. The zero-order valence-corrected chi connectivity index (χ0v) is 12.2. The van der Waals surface area contributed by atoms with E-state index in [0.29, 0.717) is 18.8 Å². The zero-order valence-electron chi connectivity index (χ0n) is 12.2. The van der Waals surface area contributed by atoms with Gasteiger partial charge < -0.3 is 20.5 Å². The number of carbonyl (C=O) groups is 1. The van der Waals surface area contributed by atoms with Crippen molar-refractivity contribution in [1.29, 1.82) is 0 Å². The minimum Gasteiger partial charge on any atom is -0.480 e. The molecule has 116 valence electrons. The summed E-state index contributed by atoms with van der Waals surface area (Å²) in [6.45, 7) is 2.10. The van der Waals surface area contributed by atoms with Crippen LogP contribution in [0.15, 0.2) is 6.33 Å². The molecular formula is C13H20N4O4. The molecule has 0 amide bonds. The largest absolute Gasteiger partial charge is 0.480 e. The van der Waals surface area contributed by atoms with E-state index in [0.717, 1.165) is 19.3 Å². The maximum Gasteiger partial charge on any atom is 0.406 e. The molecule has 0 spiro atoms. The van der Waals surface area contributed by atoms with Gasteiger partial charge in [0.15, 0.2) is 0 Å². The number of nitrogens with one attached hydrogen (secondary N) is 1. The quantitative estimate of drug-likeness (QED) is 0.636. The molecule has 2 N–H and O–H groups in total. The molecule has 0 aliphatic heterocycles. The first-order chi connectivity index (χ1) is 9.89. The Morgan fingerprint density at radius 2 is 2.24 bits per heavy atom. The lowest BCUT2D eigenvalue weighted by molar-refractivity contribution is -0.388. The lowest BCUT2D eigenvalue weighted by Crippen LogP contribution is -2.49. The van der Waals surface area contributed by atoms with E-state index in [2.05, 4.69) is 17.2 Å². The van der Waals surface area contributed by atoms with Gasteiger partial charge in [-0.1, -0.05) is 13.3 Å². The van der Waals surface area contributed by atoms with Crippen LogP contribution in [0.1, 0.15) is 39.0 Å². The molecule has 0 aromatic carbocycles. The molecule has 0 atom stereocenters. The van der Waals surface area contributed by atoms with Crippen LogP contribution in [-0.2, 0) is 11.8 Å². The summed E-state index contributed by atoms with van der Waals surface area (Å²) >= 11 is 0. The average molecular weight is 296 g/mol. The van der Waals surface area contributed by atoms with Gasteiger partial charge in [0.05, 0.1) is 0 Å². The summed E-state index contributed by atoms with van der Waals surface area (Å²) in [4.78, 5) is 25.8. The molecule has 1 heterocycles. The lowest BCUT2D eigenvalue weighted by atomic mass is 9.75. The van der Waals surface area contributed by atoms with E-state index in [1.807, 2.05) is 0 Å². The van der Waals surface area contributed by atoms with E-state index in [-0.39, 0.29) is 11.6 Å². The number of aryl methyl sites for hydroxylation is 1. The fourth-order valence-electron chi connectivity index (χ4n) is 2.89. The van der Waals surface area contributed by atoms with Crippen LogP contribution in [0.5, 0.6) is 0 Å². The normalized spacial score (nSPS) is 25.5. The molecular weight excluding hydrogens is 276 g/mol. The van der Waals surface area contributed by atoms with Crippen molar-refractivity contribution in [3.05, 3.63) is 16.4 Å². The highest BCUT2D eigenvalue weighted by Crippen LogP contribution is 2.37. The number of hydrogen-bond acceptors (Lipinski definition) is 5. The number of hydrogen-bond donors (Lipinski definition) is 2. The first-order valence-corrected chi connectivity index (χ1v) is 7.07. The van der Waals surface area contributed by atoms with Crippen LogP contribution in [0, 0.1) is 16.0 Å². The Kier molecular flexibility index (Phi) is 4.15. The van der Waals surface area contributed by atoms with Crippen molar-refractivity contribution < 1.29 is 14.8 Å². The van der Waals surface area contributed by atoms with Gasteiger partial charge in [-0.05, 0) is 41.5 Å². The summed E-state index contributed by atoms with van der Waals surface area (Å²) in [5.74, 6) is -0.624. The molecule has 21 heavy (non-hydrogen) atoms. The number of imidazole rings is 1. The Bertz CT molecular complexity index is 546. The van der Waals surface area contributed by atoms with Gasteiger partial charge in [0.25, 0.3) is 0 Å². The van der Waals surface area contributed by atoms with Gasteiger partial charge in [0.2, 0.25) is 12.1 Å². The van der Waals surface area contributed by atoms with Gasteiger partial charge in [-0.3, -0.25) is 4.57 Å². The second kappa shape index (κ2) is 5.71. The Morgan fingerprint density at radius 3 is 2.71 bits per heavy atom.